The standard InChI is InChI=1S/C26H21N3O3/c1-17(30)18-13-15-21(16-14-18)27-25(31)23-22(19-9-5-3-6-10-19)24(28-29(2)26(23)32)20-11-7-4-8-12-20/h3-16H,1-2H3,(H,27,31). The van der Waals surface area contributed by atoms with Gasteiger partial charge < -0.3 is 5.32 Å². The fourth-order valence-electron chi connectivity index (χ4n) is 3.51. The molecule has 0 atom stereocenters. The SMILES string of the molecule is CC(=O)c1ccc(NC(=O)c2c(-c3ccccc3)c(-c3ccccc3)nn(C)c2=O)cc1. The Hall–Kier alpha value is -4.32. The van der Waals surface area contributed by atoms with Crippen LogP contribution < -0.4 is 10.9 Å². The van der Waals surface area contributed by atoms with Gasteiger partial charge in [0.25, 0.3) is 11.5 Å². The van der Waals surface area contributed by atoms with Gasteiger partial charge in [0.2, 0.25) is 0 Å². The molecule has 1 aromatic heterocycles. The topological polar surface area (TPSA) is 81.1 Å². The Bertz CT molecular complexity index is 1340. The Balaban J connectivity index is 1.89. The van der Waals surface area contributed by atoms with Crippen LogP contribution in [-0.4, -0.2) is 21.5 Å². The summed E-state index contributed by atoms with van der Waals surface area (Å²) in [6.45, 7) is 1.48. The van der Waals surface area contributed by atoms with Gasteiger partial charge in [0.1, 0.15) is 5.56 Å². The zero-order chi connectivity index (χ0) is 22.7. The maximum atomic E-state index is 13.4. The summed E-state index contributed by atoms with van der Waals surface area (Å²) in [6, 6.07) is 25.3. The van der Waals surface area contributed by atoms with E-state index in [0.29, 0.717) is 28.1 Å². The average molecular weight is 423 g/mol. The first-order chi connectivity index (χ1) is 15.5. The zero-order valence-electron chi connectivity index (χ0n) is 17.7. The van der Waals surface area contributed by atoms with Crippen LogP contribution in [0.3, 0.4) is 0 Å². The number of Topliss-reactive ketones (excluding diaryl/α,β-unsaturated/α-hetero) is 1. The Labute approximate surface area is 185 Å². The van der Waals surface area contributed by atoms with Crippen LogP contribution in [0, 0.1) is 0 Å². The third kappa shape index (κ3) is 4.11. The van der Waals surface area contributed by atoms with Gasteiger partial charge in [0, 0.05) is 29.4 Å². The van der Waals surface area contributed by atoms with E-state index >= 15 is 0 Å². The van der Waals surface area contributed by atoms with Crippen LogP contribution in [0.15, 0.2) is 89.7 Å². The van der Waals surface area contributed by atoms with Crippen molar-refractivity contribution in [2.24, 2.45) is 7.05 Å². The van der Waals surface area contributed by atoms with E-state index in [4.69, 9.17) is 0 Å². The fraction of sp³-hybridized carbons (Fsp3) is 0.0769. The minimum absolute atomic E-state index is 0.00296. The number of rotatable bonds is 5. The molecule has 32 heavy (non-hydrogen) atoms. The van der Waals surface area contributed by atoms with Crippen LogP contribution in [0.5, 0.6) is 0 Å². The number of hydrogen-bond donors (Lipinski definition) is 1. The summed E-state index contributed by atoms with van der Waals surface area (Å²) in [5.74, 6) is -0.607. The van der Waals surface area contributed by atoms with Crippen molar-refractivity contribution in [3.05, 3.63) is 106 Å². The minimum Gasteiger partial charge on any atom is -0.322 e. The number of aryl methyl sites for hydroxylation is 1. The highest BCUT2D eigenvalue weighted by atomic mass is 16.2. The number of ketones is 1. The van der Waals surface area contributed by atoms with Crippen molar-refractivity contribution in [3.63, 3.8) is 0 Å². The number of carbonyl (C=O) groups is 2. The average Bonchev–Trinajstić information content (AvgIpc) is 2.81. The molecule has 4 rings (SSSR count). The first kappa shape index (κ1) is 20.9. The summed E-state index contributed by atoms with van der Waals surface area (Å²) in [4.78, 5) is 38.0. The van der Waals surface area contributed by atoms with E-state index in [9.17, 15) is 14.4 Å². The predicted octanol–water partition coefficient (Wildman–Crippen LogP) is 4.57. The lowest BCUT2D eigenvalue weighted by Gasteiger charge is -2.16. The van der Waals surface area contributed by atoms with Gasteiger partial charge in [-0.05, 0) is 36.8 Å². The number of aromatic nitrogens is 2. The summed E-state index contributed by atoms with van der Waals surface area (Å²) >= 11 is 0. The highest BCUT2D eigenvalue weighted by Crippen LogP contribution is 2.32. The molecule has 0 unspecified atom stereocenters. The molecule has 0 aliphatic carbocycles. The number of hydrogen-bond acceptors (Lipinski definition) is 4. The van der Waals surface area contributed by atoms with Crippen LogP contribution in [0.25, 0.3) is 22.4 Å². The lowest BCUT2D eigenvalue weighted by atomic mass is 9.95. The molecule has 0 radical (unpaired) electrons. The molecule has 0 saturated carbocycles. The first-order valence-corrected chi connectivity index (χ1v) is 10.1. The molecule has 158 valence electrons. The van der Waals surface area contributed by atoms with Crippen molar-refractivity contribution >= 4 is 17.4 Å². The van der Waals surface area contributed by atoms with Crippen molar-refractivity contribution in [1.82, 2.24) is 9.78 Å². The molecule has 6 heteroatoms. The van der Waals surface area contributed by atoms with Gasteiger partial charge in [-0.1, -0.05) is 60.7 Å². The van der Waals surface area contributed by atoms with Gasteiger partial charge in [-0.25, -0.2) is 4.68 Å². The van der Waals surface area contributed by atoms with E-state index < -0.39 is 11.5 Å². The number of carbonyl (C=O) groups excluding carboxylic acids is 2. The summed E-state index contributed by atoms with van der Waals surface area (Å²) < 4.78 is 1.18. The van der Waals surface area contributed by atoms with Crippen LogP contribution in [0.2, 0.25) is 0 Å². The van der Waals surface area contributed by atoms with Crippen molar-refractivity contribution < 1.29 is 9.59 Å². The van der Waals surface area contributed by atoms with E-state index in [1.807, 2.05) is 60.7 Å². The number of benzene rings is 3. The molecule has 0 aliphatic rings. The van der Waals surface area contributed by atoms with E-state index in [2.05, 4.69) is 10.4 Å². The number of anilines is 1. The molecule has 1 heterocycles. The molecule has 0 spiro atoms. The Morgan fingerprint density at radius 3 is 1.94 bits per heavy atom. The second-order valence-electron chi connectivity index (χ2n) is 7.35. The quantitative estimate of drug-likeness (QED) is 0.477. The summed E-state index contributed by atoms with van der Waals surface area (Å²) in [6.07, 6.45) is 0. The van der Waals surface area contributed by atoms with Crippen LogP contribution in [0.1, 0.15) is 27.6 Å². The van der Waals surface area contributed by atoms with Crippen molar-refractivity contribution in [1.29, 1.82) is 0 Å². The molecule has 1 N–H and O–H groups in total. The fourth-order valence-corrected chi connectivity index (χ4v) is 3.51. The summed E-state index contributed by atoms with van der Waals surface area (Å²) in [5, 5.41) is 7.28. The first-order valence-electron chi connectivity index (χ1n) is 10.1. The third-order valence-electron chi connectivity index (χ3n) is 5.13. The van der Waals surface area contributed by atoms with Crippen LogP contribution >= 0.6 is 0 Å². The van der Waals surface area contributed by atoms with Gasteiger partial charge >= 0.3 is 0 Å². The van der Waals surface area contributed by atoms with Crippen molar-refractivity contribution in [3.8, 4) is 22.4 Å². The minimum atomic E-state index is -0.542. The second kappa shape index (κ2) is 8.81. The van der Waals surface area contributed by atoms with E-state index in [1.54, 1.807) is 24.3 Å². The number of amides is 1. The maximum absolute atomic E-state index is 13.4. The zero-order valence-corrected chi connectivity index (χ0v) is 17.7. The van der Waals surface area contributed by atoms with Gasteiger partial charge in [0.05, 0.1) is 5.69 Å². The number of nitrogens with one attached hydrogen (secondary N) is 1. The van der Waals surface area contributed by atoms with Gasteiger partial charge in [-0.15, -0.1) is 0 Å². The predicted molar refractivity (Wildman–Crippen MR) is 125 cm³/mol. The Morgan fingerprint density at radius 2 is 1.38 bits per heavy atom. The normalized spacial score (nSPS) is 10.6. The lowest BCUT2D eigenvalue weighted by Crippen LogP contribution is -2.31. The van der Waals surface area contributed by atoms with E-state index in [-0.39, 0.29) is 11.3 Å². The lowest BCUT2D eigenvalue weighted by molar-refractivity contribution is 0.101. The smallest absolute Gasteiger partial charge is 0.280 e. The molecular formula is C26H21N3O3. The van der Waals surface area contributed by atoms with E-state index in [0.717, 1.165) is 5.56 Å². The van der Waals surface area contributed by atoms with Gasteiger partial charge in [0.15, 0.2) is 5.78 Å². The summed E-state index contributed by atoms with van der Waals surface area (Å²) in [7, 11) is 1.53. The van der Waals surface area contributed by atoms with Gasteiger partial charge in [-0.2, -0.15) is 5.10 Å². The molecule has 0 bridgehead atoms. The highest BCUT2D eigenvalue weighted by molar-refractivity contribution is 6.10. The van der Waals surface area contributed by atoms with Gasteiger partial charge in [-0.3, -0.25) is 14.4 Å². The molecule has 4 aromatic rings. The van der Waals surface area contributed by atoms with Crippen molar-refractivity contribution in [2.45, 2.75) is 6.92 Å². The molecule has 0 saturated heterocycles. The number of nitrogens with zero attached hydrogens (tertiary/aromatic N) is 2. The van der Waals surface area contributed by atoms with Crippen LogP contribution in [0.4, 0.5) is 5.69 Å². The molecule has 0 fully saturated rings. The molecular weight excluding hydrogens is 402 g/mol. The Morgan fingerprint density at radius 1 is 0.812 bits per heavy atom. The molecule has 1 amide bonds. The Kier molecular flexibility index (Phi) is 5.77. The highest BCUT2D eigenvalue weighted by Gasteiger charge is 2.24. The maximum Gasteiger partial charge on any atom is 0.280 e. The second-order valence-corrected chi connectivity index (χ2v) is 7.35. The van der Waals surface area contributed by atoms with Crippen LogP contribution in [-0.2, 0) is 7.05 Å². The van der Waals surface area contributed by atoms with E-state index in [1.165, 1.54) is 18.7 Å². The van der Waals surface area contributed by atoms with Crippen molar-refractivity contribution in [2.75, 3.05) is 5.32 Å². The largest absolute Gasteiger partial charge is 0.322 e. The molecule has 3 aromatic carbocycles. The third-order valence-corrected chi connectivity index (χ3v) is 5.13. The summed E-state index contributed by atoms with van der Waals surface area (Å²) in [5.41, 5.74) is 3.05. The monoisotopic (exact) mass is 423 g/mol. The molecule has 6 nitrogen and oxygen atoms in total. The molecule has 0 aliphatic heterocycles.